The summed E-state index contributed by atoms with van der Waals surface area (Å²) in [5.74, 6) is -1.29. The summed E-state index contributed by atoms with van der Waals surface area (Å²) in [6.45, 7) is 0. The summed E-state index contributed by atoms with van der Waals surface area (Å²) in [6, 6.07) is 1.75. The fourth-order valence-electron chi connectivity index (χ4n) is 1.27. The third-order valence-electron chi connectivity index (χ3n) is 1.98. The van der Waals surface area contributed by atoms with Crippen LogP contribution in [-0.4, -0.2) is 14.4 Å². The minimum atomic E-state index is -4.64. The van der Waals surface area contributed by atoms with Crippen LogP contribution in [0.1, 0.15) is 15.9 Å². The van der Waals surface area contributed by atoms with Gasteiger partial charge in [0.15, 0.2) is 0 Å². The zero-order chi connectivity index (χ0) is 12.1. The second-order valence-corrected chi connectivity index (χ2v) is 4.55. The Morgan fingerprint density at radius 1 is 1.19 bits per heavy atom. The van der Waals surface area contributed by atoms with Gasteiger partial charge in [0.25, 0.3) is 0 Å². The molecule has 0 atom stereocenters. The van der Waals surface area contributed by atoms with Crippen molar-refractivity contribution >= 4 is 16.1 Å². The van der Waals surface area contributed by atoms with Crippen molar-refractivity contribution in [3.05, 3.63) is 29.3 Å². The molecule has 0 saturated heterocycles. The molecule has 0 spiro atoms. The van der Waals surface area contributed by atoms with E-state index in [0.717, 1.165) is 0 Å². The van der Waals surface area contributed by atoms with Gasteiger partial charge in [-0.1, -0.05) is 0 Å². The Bertz CT molecular complexity index is 573. The second kappa shape index (κ2) is 2.97. The average Bonchev–Trinajstić information content (AvgIpc) is 2.36. The monoisotopic (exact) mass is 252 g/mol. The summed E-state index contributed by atoms with van der Waals surface area (Å²) >= 11 is 0. The van der Waals surface area contributed by atoms with Gasteiger partial charge in [0.1, 0.15) is 4.90 Å². The zero-order valence-electron chi connectivity index (χ0n) is 7.41. The third-order valence-corrected chi connectivity index (χ3v) is 3.25. The lowest BCUT2D eigenvalue weighted by molar-refractivity contribution is -0.137. The van der Waals surface area contributed by atoms with Crippen LogP contribution in [0, 0.1) is 0 Å². The summed E-state index contributed by atoms with van der Waals surface area (Å²) in [4.78, 5) is 10.5. The molecule has 4 nitrogen and oxygen atoms in total. The smallest absolute Gasteiger partial charge is 0.338 e. The minimum Gasteiger partial charge on any atom is -0.338 e. The van der Waals surface area contributed by atoms with Gasteiger partial charge in [-0.05, 0) is 18.2 Å². The molecule has 0 fully saturated rings. The van der Waals surface area contributed by atoms with Crippen LogP contribution in [0.5, 0.6) is 0 Å². The van der Waals surface area contributed by atoms with Crippen LogP contribution in [0.15, 0.2) is 23.1 Å². The maximum absolute atomic E-state index is 12.3. The third kappa shape index (κ3) is 1.54. The van der Waals surface area contributed by atoms with Crippen molar-refractivity contribution in [2.75, 3.05) is 0 Å². The van der Waals surface area contributed by atoms with Gasteiger partial charge in [-0.15, -0.1) is 0 Å². The number of rotatable bonds is 0. The van der Waals surface area contributed by atoms with Crippen molar-refractivity contribution in [3.8, 4) is 0 Å². The van der Waals surface area contributed by atoms with Gasteiger partial charge in [0, 0.05) is 0 Å². The summed E-state index contributed by atoms with van der Waals surface area (Å²) in [6.07, 6.45) is -4.64. The normalized spacial score (nSPS) is 18.1. The molecular formula is C8H3F3O4S. The molecule has 1 aromatic rings. The fraction of sp³-hybridized carbons (Fsp3) is 0.125. The SMILES string of the molecule is O=C1OS(=O)(=O)c2ccc(C(F)(F)F)cc21. The fourth-order valence-corrected chi connectivity index (χ4v) is 2.30. The Morgan fingerprint density at radius 2 is 1.81 bits per heavy atom. The summed E-state index contributed by atoms with van der Waals surface area (Å²) in [5, 5.41) is 0. The van der Waals surface area contributed by atoms with Gasteiger partial charge in [-0.25, -0.2) is 4.79 Å². The van der Waals surface area contributed by atoms with E-state index in [2.05, 4.69) is 4.18 Å². The van der Waals surface area contributed by atoms with Crippen LogP contribution in [0.3, 0.4) is 0 Å². The van der Waals surface area contributed by atoms with Crippen molar-refractivity contribution in [3.63, 3.8) is 0 Å². The van der Waals surface area contributed by atoms with Gasteiger partial charge in [0.2, 0.25) is 0 Å². The standard InChI is InChI=1S/C8H3F3O4S/c9-8(10,11)4-1-2-6-5(3-4)7(12)15-16(6,13)14/h1-3H. The van der Waals surface area contributed by atoms with Crippen LogP contribution < -0.4 is 0 Å². The van der Waals surface area contributed by atoms with Crippen LogP contribution in [0.2, 0.25) is 0 Å². The number of carbonyl (C=O) groups excluding carboxylic acids is 1. The van der Waals surface area contributed by atoms with Gasteiger partial charge in [-0.2, -0.15) is 21.6 Å². The van der Waals surface area contributed by atoms with Crippen molar-refractivity contribution in [2.24, 2.45) is 0 Å². The van der Waals surface area contributed by atoms with Crippen molar-refractivity contribution < 1.29 is 30.6 Å². The van der Waals surface area contributed by atoms with Gasteiger partial charge < -0.3 is 4.18 Å². The van der Waals surface area contributed by atoms with Gasteiger partial charge in [0.05, 0.1) is 11.1 Å². The van der Waals surface area contributed by atoms with Crippen LogP contribution in [0.25, 0.3) is 0 Å². The number of hydrogen-bond acceptors (Lipinski definition) is 4. The molecule has 0 amide bonds. The predicted molar refractivity (Wildman–Crippen MR) is 44.0 cm³/mol. The molecule has 0 bridgehead atoms. The Morgan fingerprint density at radius 3 is 2.38 bits per heavy atom. The van der Waals surface area contributed by atoms with E-state index in [1.54, 1.807) is 0 Å². The number of carbonyl (C=O) groups is 1. The largest absolute Gasteiger partial charge is 0.416 e. The van der Waals surface area contributed by atoms with E-state index in [1.165, 1.54) is 0 Å². The molecule has 16 heavy (non-hydrogen) atoms. The van der Waals surface area contributed by atoms with Crippen molar-refractivity contribution in [1.29, 1.82) is 0 Å². The van der Waals surface area contributed by atoms with E-state index >= 15 is 0 Å². The molecule has 0 N–H and O–H groups in total. The number of fused-ring (bicyclic) bond motifs is 1. The summed E-state index contributed by atoms with van der Waals surface area (Å²) in [5.41, 5.74) is -1.69. The quantitative estimate of drug-likeness (QED) is 0.657. The van der Waals surface area contributed by atoms with Crippen LogP contribution in [-0.2, 0) is 20.5 Å². The summed E-state index contributed by atoms with van der Waals surface area (Å²) < 4.78 is 63.0. The van der Waals surface area contributed by atoms with E-state index in [-0.39, 0.29) is 0 Å². The highest BCUT2D eigenvalue weighted by molar-refractivity contribution is 7.87. The molecule has 86 valence electrons. The maximum Gasteiger partial charge on any atom is 0.416 e. The van der Waals surface area contributed by atoms with Crippen molar-refractivity contribution in [1.82, 2.24) is 0 Å². The van der Waals surface area contributed by atoms with E-state index in [1.807, 2.05) is 0 Å². The molecule has 0 aliphatic carbocycles. The zero-order valence-corrected chi connectivity index (χ0v) is 8.22. The Labute approximate surface area is 87.8 Å². The molecule has 0 radical (unpaired) electrons. The van der Waals surface area contributed by atoms with Crippen LogP contribution >= 0.6 is 0 Å². The summed E-state index contributed by atoms with van der Waals surface area (Å²) in [7, 11) is -4.23. The molecule has 8 heteroatoms. The second-order valence-electron chi connectivity index (χ2n) is 3.03. The van der Waals surface area contributed by atoms with E-state index in [9.17, 15) is 26.4 Å². The van der Waals surface area contributed by atoms with E-state index in [0.29, 0.717) is 18.2 Å². The molecular weight excluding hydrogens is 249 g/mol. The van der Waals surface area contributed by atoms with Crippen molar-refractivity contribution in [2.45, 2.75) is 11.1 Å². The highest BCUT2D eigenvalue weighted by atomic mass is 32.2. The molecule has 0 unspecified atom stereocenters. The first kappa shape index (κ1) is 10.9. The Kier molecular flexibility index (Phi) is 2.03. The first-order chi connectivity index (χ1) is 7.22. The highest BCUT2D eigenvalue weighted by Gasteiger charge is 2.39. The van der Waals surface area contributed by atoms with Gasteiger partial charge in [-0.3, -0.25) is 0 Å². The number of hydrogen-bond donors (Lipinski definition) is 0. The number of halogens is 3. The Balaban J connectivity index is 2.67. The molecule has 0 saturated carbocycles. The first-order valence-corrected chi connectivity index (χ1v) is 5.33. The van der Waals surface area contributed by atoms with E-state index in [4.69, 9.17) is 0 Å². The highest BCUT2D eigenvalue weighted by Crippen LogP contribution is 2.34. The predicted octanol–water partition coefficient (Wildman–Crippen LogP) is 1.56. The average molecular weight is 252 g/mol. The minimum absolute atomic E-state index is 0.461. The number of benzene rings is 1. The Hall–Kier alpha value is -1.57. The van der Waals surface area contributed by atoms with Gasteiger partial charge >= 0.3 is 22.3 Å². The lowest BCUT2D eigenvalue weighted by Gasteiger charge is -2.05. The first-order valence-electron chi connectivity index (χ1n) is 3.92. The molecule has 1 aromatic carbocycles. The molecule has 2 rings (SSSR count). The lowest BCUT2D eigenvalue weighted by atomic mass is 10.1. The number of alkyl halides is 3. The molecule has 1 aliphatic heterocycles. The molecule has 1 aliphatic rings. The topological polar surface area (TPSA) is 60.4 Å². The lowest BCUT2D eigenvalue weighted by Crippen LogP contribution is -2.06. The maximum atomic E-state index is 12.3. The molecule has 0 aromatic heterocycles. The van der Waals surface area contributed by atoms with E-state index < -0.39 is 38.3 Å². The van der Waals surface area contributed by atoms with Crippen LogP contribution in [0.4, 0.5) is 13.2 Å². The molecule has 1 heterocycles.